The number of nitrogens with zero attached hydrogens (tertiary/aromatic N) is 1. The van der Waals surface area contributed by atoms with Crippen molar-refractivity contribution in [3.05, 3.63) is 0 Å². The zero-order chi connectivity index (χ0) is 11.5. The molecule has 0 spiro atoms. The highest BCUT2D eigenvalue weighted by atomic mass is 19.4. The second-order valence-electron chi connectivity index (χ2n) is 3.46. The molecule has 0 saturated carbocycles. The minimum absolute atomic E-state index is 0.108. The predicted octanol–water partition coefficient (Wildman–Crippen LogP) is -0.00450. The van der Waals surface area contributed by atoms with Crippen molar-refractivity contribution in [1.29, 1.82) is 0 Å². The van der Waals surface area contributed by atoms with E-state index in [1.54, 1.807) is 5.32 Å². The van der Waals surface area contributed by atoms with Crippen molar-refractivity contribution >= 4 is 5.91 Å². The van der Waals surface area contributed by atoms with Crippen LogP contribution in [0.1, 0.15) is 0 Å². The van der Waals surface area contributed by atoms with Crippen LogP contribution in [-0.2, 0) is 9.53 Å². The fourth-order valence-corrected chi connectivity index (χ4v) is 1.30. The minimum Gasteiger partial charge on any atom is -0.374 e. The van der Waals surface area contributed by atoms with E-state index < -0.39 is 12.1 Å². The summed E-state index contributed by atoms with van der Waals surface area (Å²) in [5.41, 5.74) is 0. The van der Waals surface area contributed by atoms with E-state index in [0.29, 0.717) is 13.2 Å². The first-order chi connectivity index (χ1) is 6.89. The van der Waals surface area contributed by atoms with Crippen LogP contribution in [0.2, 0.25) is 0 Å². The van der Waals surface area contributed by atoms with Gasteiger partial charge in [0, 0.05) is 19.6 Å². The lowest BCUT2D eigenvalue weighted by Crippen LogP contribution is -2.48. The lowest BCUT2D eigenvalue weighted by Gasteiger charge is -2.30. The van der Waals surface area contributed by atoms with Gasteiger partial charge < -0.3 is 15.0 Å². The molecular weight excluding hydrogens is 213 g/mol. The number of amides is 1. The van der Waals surface area contributed by atoms with Crippen LogP contribution in [0.5, 0.6) is 0 Å². The number of halogens is 3. The summed E-state index contributed by atoms with van der Waals surface area (Å²) in [5, 5.41) is 1.80. The number of ether oxygens (including phenoxy) is 1. The highest BCUT2D eigenvalue weighted by molar-refractivity contribution is 5.81. The van der Waals surface area contributed by atoms with Gasteiger partial charge in [0.05, 0.1) is 12.7 Å². The molecule has 1 saturated heterocycles. The first-order valence-corrected chi connectivity index (χ1v) is 4.55. The van der Waals surface area contributed by atoms with Gasteiger partial charge in [-0.15, -0.1) is 0 Å². The Bertz CT molecular complexity index is 232. The van der Waals surface area contributed by atoms with Gasteiger partial charge in [-0.1, -0.05) is 0 Å². The van der Waals surface area contributed by atoms with E-state index in [9.17, 15) is 18.0 Å². The third kappa shape index (κ3) is 4.05. The number of morpholine rings is 1. The van der Waals surface area contributed by atoms with Gasteiger partial charge >= 0.3 is 12.1 Å². The number of nitrogens with one attached hydrogen (secondary N) is 1. The molecule has 1 atom stereocenters. The van der Waals surface area contributed by atoms with Crippen LogP contribution < -0.4 is 5.32 Å². The summed E-state index contributed by atoms with van der Waals surface area (Å²) < 4.78 is 40.6. The maximum absolute atomic E-state index is 11.8. The molecule has 15 heavy (non-hydrogen) atoms. The summed E-state index contributed by atoms with van der Waals surface area (Å²) in [6, 6.07) is 0. The third-order valence-electron chi connectivity index (χ3n) is 2.09. The van der Waals surface area contributed by atoms with Crippen molar-refractivity contribution < 1.29 is 22.7 Å². The van der Waals surface area contributed by atoms with Crippen LogP contribution in [0.4, 0.5) is 13.2 Å². The second kappa shape index (κ2) is 4.80. The predicted molar refractivity (Wildman–Crippen MR) is 46.3 cm³/mol. The maximum atomic E-state index is 11.8. The molecule has 88 valence electrons. The molecule has 7 heteroatoms. The highest BCUT2D eigenvalue weighted by Gasteiger charge is 2.38. The van der Waals surface area contributed by atoms with E-state index in [1.165, 1.54) is 0 Å². The lowest BCUT2D eigenvalue weighted by molar-refractivity contribution is -0.174. The summed E-state index contributed by atoms with van der Waals surface area (Å²) in [4.78, 5) is 12.4. The van der Waals surface area contributed by atoms with Crippen LogP contribution >= 0.6 is 0 Å². The molecular formula is C8H13F3N2O2. The van der Waals surface area contributed by atoms with Crippen molar-refractivity contribution in [2.24, 2.45) is 0 Å². The summed E-state index contributed by atoms with van der Waals surface area (Å²) in [7, 11) is 1.85. The van der Waals surface area contributed by atoms with E-state index in [-0.39, 0.29) is 12.6 Å². The molecule has 0 aromatic rings. The Morgan fingerprint density at radius 1 is 1.60 bits per heavy atom. The molecule has 4 nitrogen and oxygen atoms in total. The van der Waals surface area contributed by atoms with Crippen LogP contribution in [0.25, 0.3) is 0 Å². The Morgan fingerprint density at radius 3 is 2.80 bits per heavy atom. The molecule has 1 unspecified atom stereocenters. The molecule has 0 aromatic carbocycles. The standard InChI is InChI=1S/C8H13F3N2O2/c1-13-2-3-15-6(5-13)4-12-7(14)8(9,10)11/h6H,2-5H2,1H3,(H,12,14). The van der Waals surface area contributed by atoms with Gasteiger partial charge in [-0.05, 0) is 7.05 Å². The summed E-state index contributed by atoms with van der Waals surface area (Å²) in [6.45, 7) is 1.65. The third-order valence-corrected chi connectivity index (χ3v) is 2.09. The fraction of sp³-hybridized carbons (Fsp3) is 0.875. The van der Waals surface area contributed by atoms with Crippen LogP contribution in [-0.4, -0.2) is 56.4 Å². The summed E-state index contributed by atoms with van der Waals surface area (Å²) in [6.07, 6.45) is -5.18. The largest absolute Gasteiger partial charge is 0.471 e. The van der Waals surface area contributed by atoms with Gasteiger partial charge in [-0.2, -0.15) is 13.2 Å². The number of alkyl halides is 3. The number of hydrogen-bond donors (Lipinski definition) is 1. The number of likely N-dealkylation sites (N-methyl/N-ethyl adjacent to an activating group) is 1. The second-order valence-corrected chi connectivity index (χ2v) is 3.46. The van der Waals surface area contributed by atoms with E-state index in [4.69, 9.17) is 4.74 Å². The zero-order valence-electron chi connectivity index (χ0n) is 8.30. The Kier molecular flexibility index (Phi) is 3.92. The molecule has 1 aliphatic rings. The van der Waals surface area contributed by atoms with Crippen molar-refractivity contribution in [3.63, 3.8) is 0 Å². The first-order valence-electron chi connectivity index (χ1n) is 4.55. The lowest BCUT2D eigenvalue weighted by atomic mass is 10.3. The molecule has 0 radical (unpaired) electrons. The zero-order valence-corrected chi connectivity index (χ0v) is 8.30. The Labute approximate surface area is 85.4 Å². The number of carbonyl (C=O) groups is 1. The van der Waals surface area contributed by atoms with Gasteiger partial charge in [0.1, 0.15) is 0 Å². The molecule has 1 N–H and O–H groups in total. The van der Waals surface area contributed by atoms with E-state index >= 15 is 0 Å². The maximum Gasteiger partial charge on any atom is 0.471 e. The normalized spacial score (nSPS) is 23.9. The van der Waals surface area contributed by atoms with Gasteiger partial charge in [-0.3, -0.25) is 4.79 Å². The number of rotatable bonds is 2. The van der Waals surface area contributed by atoms with Crippen molar-refractivity contribution in [1.82, 2.24) is 10.2 Å². The molecule has 1 fully saturated rings. The van der Waals surface area contributed by atoms with Crippen LogP contribution in [0, 0.1) is 0 Å². The number of hydrogen-bond acceptors (Lipinski definition) is 3. The molecule has 1 rings (SSSR count). The molecule has 1 heterocycles. The van der Waals surface area contributed by atoms with Crippen molar-refractivity contribution in [2.75, 3.05) is 33.3 Å². The van der Waals surface area contributed by atoms with Crippen LogP contribution in [0.15, 0.2) is 0 Å². The minimum atomic E-state index is -4.82. The smallest absolute Gasteiger partial charge is 0.374 e. The summed E-state index contributed by atoms with van der Waals surface area (Å²) >= 11 is 0. The monoisotopic (exact) mass is 226 g/mol. The van der Waals surface area contributed by atoms with Gasteiger partial charge in [0.15, 0.2) is 0 Å². The first kappa shape index (κ1) is 12.3. The number of carbonyl (C=O) groups excluding carboxylic acids is 1. The van der Waals surface area contributed by atoms with Crippen LogP contribution in [0.3, 0.4) is 0 Å². The Hall–Kier alpha value is -0.820. The average Bonchev–Trinajstić information content (AvgIpc) is 2.12. The highest BCUT2D eigenvalue weighted by Crippen LogP contribution is 2.14. The molecule has 0 aliphatic carbocycles. The van der Waals surface area contributed by atoms with E-state index in [0.717, 1.165) is 6.54 Å². The fourth-order valence-electron chi connectivity index (χ4n) is 1.30. The van der Waals surface area contributed by atoms with E-state index in [1.807, 2.05) is 11.9 Å². The molecule has 0 bridgehead atoms. The van der Waals surface area contributed by atoms with Crippen molar-refractivity contribution in [3.8, 4) is 0 Å². The Balaban J connectivity index is 2.28. The average molecular weight is 226 g/mol. The van der Waals surface area contributed by atoms with Gasteiger partial charge in [-0.25, -0.2) is 0 Å². The van der Waals surface area contributed by atoms with Gasteiger partial charge in [0.2, 0.25) is 0 Å². The van der Waals surface area contributed by atoms with Crippen molar-refractivity contribution in [2.45, 2.75) is 12.3 Å². The topological polar surface area (TPSA) is 41.6 Å². The quantitative estimate of drug-likeness (QED) is 0.720. The Morgan fingerprint density at radius 2 is 2.27 bits per heavy atom. The SMILES string of the molecule is CN1CCOC(CNC(=O)C(F)(F)F)C1. The molecule has 1 aliphatic heterocycles. The summed E-state index contributed by atoms with van der Waals surface area (Å²) in [5.74, 6) is -1.92. The van der Waals surface area contributed by atoms with Gasteiger partial charge in [0.25, 0.3) is 0 Å². The molecule has 0 aromatic heterocycles. The van der Waals surface area contributed by atoms with E-state index in [2.05, 4.69) is 0 Å². The molecule has 1 amide bonds.